The number of aliphatic hydroxyl groups excluding tert-OH is 1. The van der Waals surface area contributed by atoms with E-state index in [1.807, 2.05) is 18.7 Å². The summed E-state index contributed by atoms with van der Waals surface area (Å²) < 4.78 is 13.1. The number of ketones is 1. The van der Waals surface area contributed by atoms with E-state index in [4.69, 9.17) is 5.11 Å². The molecule has 0 saturated carbocycles. The van der Waals surface area contributed by atoms with Gasteiger partial charge in [-0.25, -0.2) is 4.39 Å². The number of halogens is 1. The molecule has 0 aliphatic heterocycles. The molecule has 0 bridgehead atoms. The van der Waals surface area contributed by atoms with Gasteiger partial charge in [0.1, 0.15) is 11.6 Å². The Morgan fingerprint density at radius 2 is 2.11 bits per heavy atom. The Morgan fingerprint density at radius 1 is 1.42 bits per heavy atom. The van der Waals surface area contributed by atoms with Crippen LogP contribution in [0.25, 0.3) is 0 Å². The van der Waals surface area contributed by atoms with Crippen molar-refractivity contribution in [3.05, 3.63) is 29.6 Å². The van der Waals surface area contributed by atoms with Crippen molar-refractivity contribution in [1.82, 2.24) is 4.90 Å². The molecule has 5 heteroatoms. The molecule has 0 aliphatic rings. The first-order valence-electron chi connectivity index (χ1n) is 6.32. The van der Waals surface area contributed by atoms with Crippen LogP contribution < -0.4 is 0 Å². The molecule has 106 valence electrons. The van der Waals surface area contributed by atoms with Gasteiger partial charge in [-0.3, -0.25) is 9.69 Å². The molecule has 19 heavy (non-hydrogen) atoms. The molecular formula is C14H20FNO3. The first-order chi connectivity index (χ1) is 8.95. The molecule has 0 atom stereocenters. The Labute approximate surface area is 112 Å². The molecule has 0 heterocycles. The summed E-state index contributed by atoms with van der Waals surface area (Å²) in [6.45, 7) is 4.61. The van der Waals surface area contributed by atoms with Crippen LogP contribution in [-0.2, 0) is 0 Å². The summed E-state index contributed by atoms with van der Waals surface area (Å²) in [7, 11) is 0. The zero-order chi connectivity index (χ0) is 14.4. The molecule has 0 aromatic heterocycles. The molecule has 1 aromatic carbocycles. The minimum absolute atomic E-state index is 0.00496. The van der Waals surface area contributed by atoms with E-state index in [1.54, 1.807) is 0 Å². The van der Waals surface area contributed by atoms with Gasteiger partial charge in [-0.2, -0.15) is 0 Å². The summed E-state index contributed by atoms with van der Waals surface area (Å²) in [5.41, 5.74) is -0.00496. The second-order valence-corrected chi connectivity index (χ2v) is 4.73. The standard InChI is InChI=1S/C14H20FNO3/c1-10(2)16(6-3-7-17)9-14(19)12-8-11(15)4-5-13(12)18/h4-5,8,10,17-18H,3,6-7,9H2,1-2H3. The lowest BCUT2D eigenvalue weighted by molar-refractivity contribution is 0.0893. The Kier molecular flexibility index (Phi) is 5.92. The Hall–Kier alpha value is -1.46. The number of carbonyl (C=O) groups is 1. The van der Waals surface area contributed by atoms with Gasteiger partial charge in [0.25, 0.3) is 0 Å². The third kappa shape index (κ3) is 4.61. The first kappa shape index (κ1) is 15.6. The van der Waals surface area contributed by atoms with Crippen LogP contribution in [0.2, 0.25) is 0 Å². The number of nitrogens with zero attached hydrogens (tertiary/aromatic N) is 1. The van der Waals surface area contributed by atoms with Gasteiger partial charge in [-0.15, -0.1) is 0 Å². The Balaban J connectivity index is 2.78. The van der Waals surface area contributed by atoms with Crippen LogP contribution in [0.3, 0.4) is 0 Å². The zero-order valence-electron chi connectivity index (χ0n) is 11.3. The van der Waals surface area contributed by atoms with Crippen molar-refractivity contribution in [2.24, 2.45) is 0 Å². The second kappa shape index (κ2) is 7.21. The highest BCUT2D eigenvalue weighted by Gasteiger charge is 2.18. The summed E-state index contributed by atoms with van der Waals surface area (Å²) in [6.07, 6.45) is 0.570. The highest BCUT2D eigenvalue weighted by molar-refractivity contribution is 6.00. The van der Waals surface area contributed by atoms with Gasteiger partial charge >= 0.3 is 0 Å². The lowest BCUT2D eigenvalue weighted by Crippen LogP contribution is -2.36. The maximum atomic E-state index is 13.1. The highest BCUT2D eigenvalue weighted by Crippen LogP contribution is 2.19. The quantitative estimate of drug-likeness (QED) is 0.741. The van der Waals surface area contributed by atoms with E-state index in [0.29, 0.717) is 13.0 Å². The van der Waals surface area contributed by atoms with Crippen LogP contribution in [0.5, 0.6) is 5.75 Å². The predicted octanol–water partition coefficient (Wildman–Crippen LogP) is 1.81. The smallest absolute Gasteiger partial charge is 0.180 e. The Bertz CT molecular complexity index is 435. The minimum Gasteiger partial charge on any atom is -0.507 e. The van der Waals surface area contributed by atoms with Gasteiger partial charge < -0.3 is 10.2 Å². The fraction of sp³-hybridized carbons (Fsp3) is 0.500. The number of hydrogen-bond acceptors (Lipinski definition) is 4. The first-order valence-corrected chi connectivity index (χ1v) is 6.32. The molecule has 0 radical (unpaired) electrons. The summed E-state index contributed by atoms with van der Waals surface area (Å²) in [4.78, 5) is 13.9. The van der Waals surface area contributed by atoms with Gasteiger partial charge in [0.2, 0.25) is 0 Å². The van der Waals surface area contributed by atoms with Crippen molar-refractivity contribution in [3.8, 4) is 5.75 Å². The third-order valence-corrected chi connectivity index (χ3v) is 2.94. The monoisotopic (exact) mass is 269 g/mol. The van der Waals surface area contributed by atoms with Crippen LogP contribution in [0.1, 0.15) is 30.6 Å². The molecule has 0 aliphatic carbocycles. The Morgan fingerprint density at radius 3 is 2.68 bits per heavy atom. The minimum atomic E-state index is -0.549. The molecular weight excluding hydrogens is 249 g/mol. The number of benzene rings is 1. The van der Waals surface area contributed by atoms with Crippen molar-refractivity contribution in [2.45, 2.75) is 26.3 Å². The third-order valence-electron chi connectivity index (χ3n) is 2.94. The van der Waals surface area contributed by atoms with Crippen molar-refractivity contribution in [2.75, 3.05) is 19.7 Å². The summed E-state index contributed by atoms with van der Waals surface area (Å²) in [5.74, 6) is -1.09. The van der Waals surface area contributed by atoms with E-state index in [9.17, 15) is 14.3 Å². The zero-order valence-corrected chi connectivity index (χ0v) is 11.3. The predicted molar refractivity (Wildman–Crippen MR) is 70.8 cm³/mol. The average molecular weight is 269 g/mol. The number of Topliss-reactive ketones (excluding diaryl/α,β-unsaturated/α-hetero) is 1. The molecule has 2 N–H and O–H groups in total. The van der Waals surface area contributed by atoms with Crippen molar-refractivity contribution >= 4 is 5.78 Å². The van der Waals surface area contributed by atoms with Gasteiger partial charge in [0.15, 0.2) is 5.78 Å². The number of rotatable bonds is 7. The van der Waals surface area contributed by atoms with Gasteiger partial charge in [-0.05, 0) is 38.5 Å². The van der Waals surface area contributed by atoms with Crippen LogP contribution in [0.15, 0.2) is 18.2 Å². The molecule has 0 spiro atoms. The lowest BCUT2D eigenvalue weighted by Gasteiger charge is -2.25. The van der Waals surface area contributed by atoms with Crippen LogP contribution in [0, 0.1) is 5.82 Å². The van der Waals surface area contributed by atoms with Crippen LogP contribution >= 0.6 is 0 Å². The SMILES string of the molecule is CC(C)N(CCCO)CC(=O)c1cc(F)ccc1O. The van der Waals surface area contributed by atoms with E-state index in [-0.39, 0.29) is 36.3 Å². The maximum absolute atomic E-state index is 13.1. The topological polar surface area (TPSA) is 60.8 Å². The fourth-order valence-corrected chi connectivity index (χ4v) is 1.79. The number of aromatic hydroxyl groups is 1. The highest BCUT2D eigenvalue weighted by atomic mass is 19.1. The van der Waals surface area contributed by atoms with Crippen LogP contribution in [0.4, 0.5) is 4.39 Å². The number of phenolic OH excluding ortho intramolecular Hbond substituents is 1. The van der Waals surface area contributed by atoms with Gasteiger partial charge in [0.05, 0.1) is 12.1 Å². The van der Waals surface area contributed by atoms with Crippen molar-refractivity contribution in [1.29, 1.82) is 0 Å². The number of hydrogen-bond donors (Lipinski definition) is 2. The summed E-state index contributed by atoms with van der Waals surface area (Å²) in [5, 5.41) is 18.4. The molecule has 0 unspecified atom stereocenters. The molecule has 0 fully saturated rings. The lowest BCUT2D eigenvalue weighted by atomic mass is 10.1. The van der Waals surface area contributed by atoms with E-state index in [2.05, 4.69) is 0 Å². The molecule has 4 nitrogen and oxygen atoms in total. The normalized spacial score (nSPS) is 11.3. The molecule has 0 amide bonds. The van der Waals surface area contributed by atoms with Crippen LogP contribution in [-0.4, -0.2) is 46.6 Å². The number of phenols is 1. The summed E-state index contributed by atoms with van der Waals surface area (Å²) >= 11 is 0. The van der Waals surface area contributed by atoms with E-state index >= 15 is 0 Å². The molecule has 1 rings (SSSR count). The van der Waals surface area contributed by atoms with E-state index in [0.717, 1.165) is 12.1 Å². The largest absolute Gasteiger partial charge is 0.507 e. The fourth-order valence-electron chi connectivity index (χ4n) is 1.79. The molecule has 1 aromatic rings. The summed E-state index contributed by atoms with van der Waals surface area (Å²) in [6, 6.07) is 3.46. The van der Waals surface area contributed by atoms with Crippen molar-refractivity contribution in [3.63, 3.8) is 0 Å². The van der Waals surface area contributed by atoms with E-state index < -0.39 is 5.82 Å². The average Bonchev–Trinajstić information content (AvgIpc) is 2.36. The molecule has 0 saturated heterocycles. The van der Waals surface area contributed by atoms with Crippen molar-refractivity contribution < 1.29 is 19.4 Å². The van der Waals surface area contributed by atoms with Gasteiger partial charge in [0, 0.05) is 19.2 Å². The number of carbonyl (C=O) groups excluding carboxylic acids is 1. The maximum Gasteiger partial charge on any atom is 0.180 e. The second-order valence-electron chi connectivity index (χ2n) is 4.73. The van der Waals surface area contributed by atoms with E-state index in [1.165, 1.54) is 6.07 Å². The number of aliphatic hydroxyl groups is 1. The van der Waals surface area contributed by atoms with Gasteiger partial charge in [-0.1, -0.05) is 0 Å².